The smallest absolute Gasteiger partial charge is 0.416 e. The number of para-hydroxylation sites is 1. The topological polar surface area (TPSA) is 36.0 Å². The van der Waals surface area contributed by atoms with E-state index in [4.69, 9.17) is 4.74 Å². The Balaban J connectivity index is 1.06. The van der Waals surface area contributed by atoms with Gasteiger partial charge in [-0.15, -0.1) is 11.8 Å². The number of alkyl halides is 6. The molecule has 3 aromatic rings. The summed E-state index contributed by atoms with van der Waals surface area (Å²) in [6.45, 7) is 6.38. The Kier molecular flexibility index (Phi) is 10.8. The van der Waals surface area contributed by atoms with Crippen molar-refractivity contribution in [3.8, 4) is 0 Å². The third kappa shape index (κ3) is 8.50. The molecule has 1 fully saturated rings. The molecule has 2 aliphatic rings. The van der Waals surface area contributed by atoms with E-state index in [0.29, 0.717) is 42.7 Å². The van der Waals surface area contributed by atoms with E-state index in [1.165, 1.54) is 30.8 Å². The fourth-order valence-corrected chi connectivity index (χ4v) is 7.33. The van der Waals surface area contributed by atoms with Gasteiger partial charge in [0.25, 0.3) is 0 Å². The summed E-state index contributed by atoms with van der Waals surface area (Å²) in [5.41, 5.74) is -0.204. The molecule has 2 aliphatic heterocycles. The summed E-state index contributed by atoms with van der Waals surface area (Å²) in [7, 11) is 0. The van der Waals surface area contributed by atoms with Crippen LogP contribution in [0, 0.1) is 5.82 Å². The Morgan fingerprint density at radius 1 is 0.826 bits per heavy atom. The Morgan fingerprint density at radius 2 is 1.43 bits per heavy atom. The van der Waals surface area contributed by atoms with Crippen LogP contribution in [0.5, 0.6) is 0 Å². The highest BCUT2D eigenvalue weighted by atomic mass is 32.2. The molecule has 46 heavy (non-hydrogen) atoms. The number of carbonyl (C=O) groups excluding carboxylic acids is 1. The number of piperazine rings is 1. The van der Waals surface area contributed by atoms with E-state index in [-0.39, 0.29) is 11.5 Å². The summed E-state index contributed by atoms with van der Waals surface area (Å²) in [5.74, 6) is -1.47. The molecule has 5 nitrogen and oxygen atoms in total. The third-order valence-electron chi connectivity index (χ3n) is 7.82. The number of ether oxygens (including phenoxy) is 1. The van der Waals surface area contributed by atoms with Gasteiger partial charge >= 0.3 is 18.3 Å². The molecule has 3 aromatic carbocycles. The first-order chi connectivity index (χ1) is 21.8. The minimum Gasteiger partial charge on any atom is -0.463 e. The van der Waals surface area contributed by atoms with Crippen molar-refractivity contribution in [3.05, 3.63) is 77.6 Å². The fraction of sp³-hybridized carbons (Fsp3) is 0.406. The van der Waals surface area contributed by atoms with Crippen LogP contribution in [0.1, 0.15) is 24.5 Å². The van der Waals surface area contributed by atoms with Gasteiger partial charge in [0.2, 0.25) is 0 Å². The van der Waals surface area contributed by atoms with Gasteiger partial charge in [-0.05, 0) is 68.4 Å². The molecule has 0 bridgehead atoms. The number of hydrogen-bond acceptors (Lipinski definition) is 7. The predicted molar refractivity (Wildman–Crippen MR) is 164 cm³/mol. The first kappa shape index (κ1) is 34.4. The van der Waals surface area contributed by atoms with Crippen molar-refractivity contribution in [2.75, 3.05) is 57.3 Å². The Bertz CT molecular complexity index is 1530. The normalized spacial score (nSPS) is 16.6. The van der Waals surface area contributed by atoms with Gasteiger partial charge in [0.15, 0.2) is 0 Å². The zero-order chi connectivity index (χ0) is 33.1. The highest BCUT2D eigenvalue weighted by molar-refractivity contribution is 8.00. The first-order valence-corrected chi connectivity index (χ1v) is 16.4. The van der Waals surface area contributed by atoms with Gasteiger partial charge in [0.1, 0.15) is 17.7 Å². The Morgan fingerprint density at radius 3 is 2.13 bits per heavy atom. The number of nitrogens with zero attached hydrogens (tertiary/aromatic N) is 3. The maximum atomic E-state index is 14.1. The van der Waals surface area contributed by atoms with E-state index in [1.54, 1.807) is 0 Å². The fourth-order valence-electron chi connectivity index (χ4n) is 5.34. The summed E-state index contributed by atoms with van der Waals surface area (Å²) in [6.07, 6.45) is -8.30. The molecule has 0 saturated carbocycles. The van der Waals surface area contributed by atoms with Crippen LogP contribution in [0.25, 0.3) is 0 Å². The predicted octanol–water partition coefficient (Wildman–Crippen LogP) is 8.20. The van der Waals surface area contributed by atoms with Gasteiger partial charge in [0.05, 0.1) is 22.5 Å². The second kappa shape index (κ2) is 14.4. The minimum atomic E-state index is -4.62. The molecule has 0 spiro atoms. The van der Waals surface area contributed by atoms with Gasteiger partial charge < -0.3 is 14.5 Å². The van der Waals surface area contributed by atoms with E-state index in [0.717, 1.165) is 66.8 Å². The minimum absolute atomic E-state index is 0.0977. The van der Waals surface area contributed by atoms with Crippen LogP contribution >= 0.6 is 23.5 Å². The number of rotatable bonds is 10. The number of anilines is 2. The summed E-state index contributed by atoms with van der Waals surface area (Å²) in [4.78, 5) is 20.4. The van der Waals surface area contributed by atoms with E-state index in [2.05, 4.69) is 9.80 Å². The Labute approximate surface area is 271 Å². The zero-order valence-electron chi connectivity index (χ0n) is 24.8. The molecule has 5 rings (SSSR count). The van der Waals surface area contributed by atoms with Crippen molar-refractivity contribution in [2.45, 2.75) is 45.6 Å². The molecule has 2 heterocycles. The van der Waals surface area contributed by atoms with Crippen molar-refractivity contribution in [1.82, 2.24) is 9.80 Å². The van der Waals surface area contributed by atoms with Crippen molar-refractivity contribution < 1.29 is 40.3 Å². The second-order valence-corrected chi connectivity index (χ2v) is 13.5. The van der Waals surface area contributed by atoms with Gasteiger partial charge in [-0.3, -0.25) is 9.69 Å². The maximum absolute atomic E-state index is 14.1. The number of hydrogen-bond donors (Lipinski definition) is 0. The third-order valence-corrected chi connectivity index (χ3v) is 10.1. The standard InChI is InChI=1S/C32H32F7N3O2S2/c1-21(45-29-20-23(32(37,38)39)7-9-24(29)33)30(43)44-18-17-41-15-13-40(14-16-41)11-4-12-42-25-5-2-3-6-27(25)46-28-10-8-22(19-26(28)42)31(34,35)36/h2-3,5-10,19-21H,4,11-18H2,1H3. The van der Waals surface area contributed by atoms with Crippen LogP contribution in [-0.2, 0) is 21.9 Å². The van der Waals surface area contributed by atoms with Crippen molar-refractivity contribution in [1.29, 1.82) is 0 Å². The van der Waals surface area contributed by atoms with Crippen LogP contribution < -0.4 is 4.90 Å². The van der Waals surface area contributed by atoms with Gasteiger partial charge in [-0.1, -0.05) is 23.9 Å². The number of halogens is 7. The van der Waals surface area contributed by atoms with Crippen LogP contribution in [0.15, 0.2) is 75.4 Å². The Hall–Kier alpha value is -2.94. The van der Waals surface area contributed by atoms with Gasteiger partial charge in [-0.2, -0.15) is 26.3 Å². The average molecular weight is 688 g/mol. The summed E-state index contributed by atoms with van der Waals surface area (Å²) < 4.78 is 98.8. The molecular weight excluding hydrogens is 655 g/mol. The van der Waals surface area contributed by atoms with Crippen LogP contribution in [0.2, 0.25) is 0 Å². The number of esters is 1. The molecule has 1 atom stereocenters. The van der Waals surface area contributed by atoms with E-state index >= 15 is 0 Å². The SMILES string of the molecule is CC(Sc1cc(C(F)(F)F)ccc1F)C(=O)OCCN1CCN(CCCN2c3ccccc3Sc3ccc(C(F)(F)F)cc32)CC1. The molecule has 0 radical (unpaired) electrons. The van der Waals surface area contributed by atoms with Crippen molar-refractivity contribution in [3.63, 3.8) is 0 Å². The number of benzene rings is 3. The van der Waals surface area contributed by atoms with Crippen LogP contribution in [0.3, 0.4) is 0 Å². The highest BCUT2D eigenvalue weighted by Crippen LogP contribution is 2.49. The monoisotopic (exact) mass is 687 g/mol. The number of fused-ring (bicyclic) bond motifs is 2. The number of carbonyl (C=O) groups is 1. The zero-order valence-corrected chi connectivity index (χ0v) is 26.5. The lowest BCUT2D eigenvalue weighted by molar-refractivity contribution is -0.143. The lowest BCUT2D eigenvalue weighted by Gasteiger charge is -2.36. The highest BCUT2D eigenvalue weighted by Gasteiger charge is 2.34. The summed E-state index contributed by atoms with van der Waals surface area (Å²) in [5, 5.41) is -0.896. The van der Waals surface area contributed by atoms with Crippen molar-refractivity contribution >= 4 is 40.9 Å². The molecule has 0 aliphatic carbocycles. The molecule has 248 valence electrons. The van der Waals surface area contributed by atoms with E-state index in [9.17, 15) is 35.5 Å². The van der Waals surface area contributed by atoms with Gasteiger partial charge in [-0.25, -0.2) is 4.39 Å². The lowest BCUT2D eigenvalue weighted by atomic mass is 10.1. The molecule has 0 amide bonds. The number of thioether (sulfide) groups is 1. The molecule has 0 N–H and O–H groups in total. The molecule has 1 saturated heterocycles. The van der Waals surface area contributed by atoms with E-state index in [1.807, 2.05) is 29.2 Å². The molecule has 0 aromatic heterocycles. The van der Waals surface area contributed by atoms with Crippen molar-refractivity contribution in [2.24, 2.45) is 0 Å². The molecule has 1 unspecified atom stereocenters. The van der Waals surface area contributed by atoms with E-state index < -0.39 is 40.5 Å². The summed E-state index contributed by atoms with van der Waals surface area (Å²) >= 11 is 2.15. The molecular formula is C32H32F7N3O2S2. The first-order valence-electron chi connectivity index (χ1n) is 14.7. The average Bonchev–Trinajstić information content (AvgIpc) is 3.01. The summed E-state index contributed by atoms with van der Waals surface area (Å²) in [6, 6.07) is 13.7. The molecule has 14 heteroatoms. The maximum Gasteiger partial charge on any atom is 0.416 e. The lowest BCUT2D eigenvalue weighted by Crippen LogP contribution is -2.47. The largest absolute Gasteiger partial charge is 0.463 e. The van der Waals surface area contributed by atoms with Crippen LogP contribution in [-0.4, -0.2) is 73.4 Å². The second-order valence-electron chi connectivity index (χ2n) is 11.0. The van der Waals surface area contributed by atoms with Gasteiger partial charge in [0, 0.05) is 54.0 Å². The van der Waals surface area contributed by atoms with Crippen LogP contribution in [0.4, 0.5) is 42.1 Å². The quantitative estimate of drug-likeness (QED) is 0.121.